The summed E-state index contributed by atoms with van der Waals surface area (Å²) in [6.45, 7) is 4.24. The maximum absolute atomic E-state index is 6.36. The zero-order valence-electron chi connectivity index (χ0n) is 20.2. The van der Waals surface area contributed by atoms with Crippen molar-refractivity contribution in [2.75, 3.05) is 0 Å². The predicted octanol–water partition coefficient (Wildman–Crippen LogP) is 9.35. The zero-order chi connectivity index (χ0) is 24.0. The van der Waals surface area contributed by atoms with E-state index in [4.69, 9.17) is 9.41 Å². The maximum atomic E-state index is 6.36. The second-order valence-electron chi connectivity index (χ2n) is 8.70. The van der Waals surface area contributed by atoms with Crippen molar-refractivity contribution in [3.8, 4) is 0 Å². The molecule has 0 saturated heterocycles. The molecule has 2 heteroatoms. The third-order valence-corrected chi connectivity index (χ3v) is 6.26. The zero-order valence-corrected chi connectivity index (χ0v) is 20.2. The molecule has 0 radical (unpaired) electrons. The van der Waals surface area contributed by atoms with Crippen molar-refractivity contribution in [1.82, 2.24) is 0 Å². The number of benzene rings is 4. The first-order chi connectivity index (χ1) is 17.2. The van der Waals surface area contributed by atoms with Crippen LogP contribution in [0.1, 0.15) is 35.6 Å². The molecule has 2 nitrogen and oxygen atoms in total. The second-order valence-corrected chi connectivity index (χ2v) is 8.70. The molecule has 0 bridgehead atoms. The van der Waals surface area contributed by atoms with E-state index in [0.29, 0.717) is 0 Å². The predicted molar refractivity (Wildman–Crippen MR) is 150 cm³/mol. The second kappa shape index (κ2) is 10.4. The van der Waals surface area contributed by atoms with Crippen molar-refractivity contribution in [3.05, 3.63) is 125 Å². The molecule has 1 heterocycles. The van der Waals surface area contributed by atoms with Gasteiger partial charge in [-0.15, -0.1) is 0 Å². The SMILES string of the molecule is CC/C=C\c1ccccc1N=C/C(=C\Cc1cccc2c1oc1c(C)cccc12)c1ccccc1. The van der Waals surface area contributed by atoms with Crippen LogP contribution in [0.5, 0.6) is 0 Å². The minimum atomic E-state index is 0.754. The van der Waals surface area contributed by atoms with Gasteiger partial charge in [-0.2, -0.15) is 0 Å². The Morgan fingerprint density at radius 3 is 2.37 bits per heavy atom. The molecule has 4 aromatic carbocycles. The van der Waals surface area contributed by atoms with E-state index in [-0.39, 0.29) is 0 Å². The minimum Gasteiger partial charge on any atom is -0.455 e. The van der Waals surface area contributed by atoms with Gasteiger partial charge in [-0.1, -0.05) is 110 Å². The average Bonchev–Trinajstić information content (AvgIpc) is 3.29. The Morgan fingerprint density at radius 1 is 0.800 bits per heavy atom. The molecule has 0 atom stereocenters. The summed E-state index contributed by atoms with van der Waals surface area (Å²) in [5.41, 5.74) is 8.59. The highest BCUT2D eigenvalue weighted by Gasteiger charge is 2.11. The topological polar surface area (TPSA) is 25.5 Å². The number of aliphatic imine (C=N–C) groups is 1. The highest BCUT2D eigenvalue weighted by atomic mass is 16.3. The number of rotatable bonds is 7. The summed E-state index contributed by atoms with van der Waals surface area (Å²) in [6.07, 6.45) is 10.3. The Kier molecular flexibility index (Phi) is 6.72. The van der Waals surface area contributed by atoms with Crippen LogP contribution in [0, 0.1) is 6.92 Å². The summed E-state index contributed by atoms with van der Waals surface area (Å²) >= 11 is 0. The van der Waals surface area contributed by atoms with E-state index in [1.165, 1.54) is 16.3 Å². The fourth-order valence-electron chi connectivity index (χ4n) is 4.41. The fourth-order valence-corrected chi connectivity index (χ4v) is 4.41. The van der Waals surface area contributed by atoms with E-state index in [1.54, 1.807) is 0 Å². The molecule has 5 aromatic rings. The highest BCUT2D eigenvalue weighted by Crippen LogP contribution is 2.33. The van der Waals surface area contributed by atoms with Gasteiger partial charge in [0.1, 0.15) is 11.2 Å². The van der Waals surface area contributed by atoms with Gasteiger partial charge in [-0.3, -0.25) is 4.99 Å². The molecule has 1 aromatic heterocycles. The van der Waals surface area contributed by atoms with Gasteiger partial charge >= 0.3 is 0 Å². The van der Waals surface area contributed by atoms with Gasteiger partial charge in [0.2, 0.25) is 0 Å². The molecule has 0 aliphatic heterocycles. The summed E-state index contributed by atoms with van der Waals surface area (Å²) in [7, 11) is 0. The van der Waals surface area contributed by atoms with Gasteiger partial charge in [0.15, 0.2) is 0 Å². The van der Waals surface area contributed by atoms with Crippen molar-refractivity contribution >= 4 is 45.5 Å². The molecule has 0 aliphatic rings. The molecular weight excluding hydrogens is 426 g/mol. The third kappa shape index (κ3) is 4.88. The molecule has 0 fully saturated rings. The number of furan rings is 1. The van der Waals surface area contributed by atoms with Crippen molar-refractivity contribution < 1.29 is 4.42 Å². The van der Waals surface area contributed by atoms with Crippen LogP contribution in [0.3, 0.4) is 0 Å². The lowest BCUT2D eigenvalue weighted by Crippen LogP contribution is -1.90. The molecule has 0 spiro atoms. The lowest BCUT2D eigenvalue weighted by atomic mass is 10.0. The van der Waals surface area contributed by atoms with Gasteiger partial charge in [-0.25, -0.2) is 0 Å². The number of para-hydroxylation sites is 3. The van der Waals surface area contributed by atoms with Gasteiger partial charge in [0.05, 0.1) is 5.69 Å². The van der Waals surface area contributed by atoms with E-state index in [1.807, 2.05) is 18.3 Å². The Bertz CT molecular complexity index is 1550. The third-order valence-electron chi connectivity index (χ3n) is 6.26. The molecule has 0 aliphatic carbocycles. The van der Waals surface area contributed by atoms with E-state index in [9.17, 15) is 0 Å². The van der Waals surface area contributed by atoms with Gasteiger partial charge in [-0.05, 0) is 53.7 Å². The Hall–Kier alpha value is -4.17. The first-order valence-electron chi connectivity index (χ1n) is 12.2. The monoisotopic (exact) mass is 455 g/mol. The molecule has 0 saturated carbocycles. The van der Waals surface area contributed by atoms with Crippen LogP contribution in [0.4, 0.5) is 5.69 Å². The summed E-state index contributed by atoms with van der Waals surface area (Å²) in [6, 6.07) is 31.4. The number of allylic oxidation sites excluding steroid dienone is 3. The van der Waals surface area contributed by atoms with Crippen molar-refractivity contribution in [2.24, 2.45) is 4.99 Å². The Labute approximate surface area is 207 Å². The van der Waals surface area contributed by atoms with Gasteiger partial charge in [0.25, 0.3) is 0 Å². The lowest BCUT2D eigenvalue weighted by molar-refractivity contribution is 0.661. The van der Waals surface area contributed by atoms with Gasteiger partial charge < -0.3 is 4.42 Å². The van der Waals surface area contributed by atoms with E-state index in [2.05, 4.69) is 111 Å². The van der Waals surface area contributed by atoms with Crippen LogP contribution < -0.4 is 0 Å². The highest BCUT2D eigenvalue weighted by molar-refractivity contribution is 6.11. The van der Waals surface area contributed by atoms with Crippen molar-refractivity contribution in [2.45, 2.75) is 26.7 Å². The van der Waals surface area contributed by atoms with E-state index < -0.39 is 0 Å². The normalized spacial score (nSPS) is 12.5. The van der Waals surface area contributed by atoms with E-state index in [0.717, 1.165) is 52.0 Å². The largest absolute Gasteiger partial charge is 0.455 e. The Balaban J connectivity index is 1.54. The van der Waals surface area contributed by atoms with Crippen LogP contribution >= 0.6 is 0 Å². The maximum Gasteiger partial charge on any atom is 0.138 e. The number of hydrogen-bond donors (Lipinski definition) is 0. The number of fused-ring (bicyclic) bond motifs is 3. The van der Waals surface area contributed by atoms with Crippen LogP contribution in [0.25, 0.3) is 33.6 Å². The summed E-state index contributed by atoms with van der Waals surface area (Å²) < 4.78 is 6.36. The summed E-state index contributed by atoms with van der Waals surface area (Å²) in [5, 5.41) is 2.34. The van der Waals surface area contributed by atoms with Crippen LogP contribution in [0.15, 0.2) is 113 Å². The summed E-state index contributed by atoms with van der Waals surface area (Å²) in [4.78, 5) is 4.89. The van der Waals surface area contributed by atoms with Crippen LogP contribution in [-0.2, 0) is 6.42 Å². The van der Waals surface area contributed by atoms with Crippen molar-refractivity contribution in [1.29, 1.82) is 0 Å². The molecular formula is C33H29NO. The van der Waals surface area contributed by atoms with Crippen LogP contribution in [0.2, 0.25) is 0 Å². The van der Waals surface area contributed by atoms with Gasteiger partial charge in [0, 0.05) is 17.0 Å². The lowest BCUT2D eigenvalue weighted by Gasteiger charge is -2.05. The molecule has 5 rings (SSSR count). The standard InChI is InChI=1S/C33H29NO/c1-3-4-13-26-16-8-9-20-31(26)34-23-28(25-14-6-5-7-15-25)22-21-27-17-11-19-30-29-18-10-12-24(2)32(29)35-33(27)30/h4-20,22-23H,3,21H2,1-2H3/b13-4-,28-22+,34-23?. The Morgan fingerprint density at radius 2 is 1.54 bits per heavy atom. The fraction of sp³-hybridized carbons (Fsp3) is 0.121. The van der Waals surface area contributed by atoms with Crippen LogP contribution in [-0.4, -0.2) is 6.21 Å². The van der Waals surface area contributed by atoms with E-state index >= 15 is 0 Å². The smallest absolute Gasteiger partial charge is 0.138 e. The molecule has 172 valence electrons. The first kappa shape index (κ1) is 22.6. The quantitative estimate of drug-likeness (QED) is 0.224. The van der Waals surface area contributed by atoms with Crippen molar-refractivity contribution in [3.63, 3.8) is 0 Å². The molecule has 0 amide bonds. The number of hydrogen-bond acceptors (Lipinski definition) is 2. The number of nitrogens with zero attached hydrogens (tertiary/aromatic N) is 1. The average molecular weight is 456 g/mol. The molecule has 0 unspecified atom stereocenters. The molecule has 0 N–H and O–H groups in total. The molecule has 35 heavy (non-hydrogen) atoms. The summed E-state index contributed by atoms with van der Waals surface area (Å²) in [5.74, 6) is 0. The number of aryl methyl sites for hydroxylation is 1. The minimum absolute atomic E-state index is 0.754. The first-order valence-corrected chi connectivity index (χ1v) is 12.2.